The van der Waals surface area contributed by atoms with Crippen molar-refractivity contribution >= 4 is 37.8 Å². The average Bonchev–Trinajstić information content (AvgIpc) is 2.96. The molecule has 3 rings (SSSR count). The molecule has 0 radical (unpaired) electrons. The van der Waals surface area contributed by atoms with Crippen LogP contribution in [-0.2, 0) is 6.54 Å². The molecule has 0 spiro atoms. The molecule has 1 fully saturated rings. The Bertz CT molecular complexity index is 650. The topological polar surface area (TPSA) is 41.0 Å². The molecule has 2 aromatic rings. The number of hydrogen-bond donors (Lipinski definition) is 1. The van der Waals surface area contributed by atoms with Crippen molar-refractivity contribution in [3.05, 3.63) is 50.9 Å². The van der Waals surface area contributed by atoms with Crippen LogP contribution in [0.5, 0.6) is 0 Å². The lowest BCUT2D eigenvalue weighted by atomic mass is 10.2. The van der Waals surface area contributed by atoms with E-state index in [2.05, 4.69) is 52.0 Å². The molecular weight excluding hydrogens is 415 g/mol. The molecule has 1 unspecified atom stereocenters. The van der Waals surface area contributed by atoms with Crippen molar-refractivity contribution in [1.29, 1.82) is 0 Å². The molecule has 116 valence electrons. The summed E-state index contributed by atoms with van der Waals surface area (Å²) < 4.78 is 15.4. The largest absolute Gasteiger partial charge is 0.339 e. The summed E-state index contributed by atoms with van der Waals surface area (Å²) in [6.45, 7) is 2.26. The van der Waals surface area contributed by atoms with Crippen molar-refractivity contribution in [3.63, 3.8) is 0 Å². The van der Waals surface area contributed by atoms with E-state index < -0.39 is 0 Å². The zero-order chi connectivity index (χ0) is 15.5. The van der Waals surface area contributed by atoms with Gasteiger partial charge in [-0.2, -0.15) is 0 Å². The van der Waals surface area contributed by atoms with Gasteiger partial charge < -0.3 is 10.2 Å². The maximum atomic E-state index is 13.8. The number of nitrogens with zero attached hydrogens (tertiary/aromatic N) is 3. The molecule has 1 aliphatic rings. The fraction of sp³-hybridized carbons (Fsp3) is 0.333. The van der Waals surface area contributed by atoms with E-state index in [4.69, 9.17) is 0 Å². The third-order valence-electron chi connectivity index (χ3n) is 3.67. The lowest BCUT2D eigenvalue weighted by Gasteiger charge is -2.17. The van der Waals surface area contributed by atoms with Crippen LogP contribution in [0, 0.1) is 5.82 Å². The molecule has 1 aromatic heterocycles. The van der Waals surface area contributed by atoms with E-state index in [1.165, 1.54) is 6.07 Å². The quantitative estimate of drug-likeness (QED) is 0.807. The Labute approximate surface area is 145 Å². The lowest BCUT2D eigenvalue weighted by Crippen LogP contribution is -2.32. The summed E-state index contributed by atoms with van der Waals surface area (Å²) in [5.41, 5.74) is 0.682. The predicted molar refractivity (Wildman–Crippen MR) is 91.3 cm³/mol. The highest BCUT2D eigenvalue weighted by molar-refractivity contribution is 9.10. The monoisotopic (exact) mass is 428 g/mol. The molecule has 22 heavy (non-hydrogen) atoms. The third kappa shape index (κ3) is 3.83. The van der Waals surface area contributed by atoms with Gasteiger partial charge >= 0.3 is 0 Å². The van der Waals surface area contributed by atoms with Crippen molar-refractivity contribution in [3.8, 4) is 0 Å². The number of rotatable bonds is 4. The molecule has 1 aliphatic heterocycles. The number of anilines is 1. The number of nitrogens with one attached hydrogen (secondary N) is 1. The molecule has 0 bridgehead atoms. The number of halogens is 3. The smallest absolute Gasteiger partial charge is 0.225 e. The van der Waals surface area contributed by atoms with E-state index in [1.54, 1.807) is 18.5 Å². The second-order valence-corrected chi connectivity index (χ2v) is 7.08. The van der Waals surface area contributed by atoms with E-state index in [9.17, 15) is 4.39 Å². The summed E-state index contributed by atoms with van der Waals surface area (Å²) in [5, 5.41) is 3.41. The van der Waals surface area contributed by atoms with Gasteiger partial charge in [0.25, 0.3) is 0 Å². The highest BCUT2D eigenvalue weighted by atomic mass is 79.9. The first-order valence-corrected chi connectivity index (χ1v) is 8.60. The Morgan fingerprint density at radius 1 is 1.23 bits per heavy atom. The van der Waals surface area contributed by atoms with Crippen LogP contribution in [0.3, 0.4) is 0 Å². The van der Waals surface area contributed by atoms with Gasteiger partial charge in [0.2, 0.25) is 5.95 Å². The van der Waals surface area contributed by atoms with Crippen molar-refractivity contribution in [2.45, 2.75) is 19.0 Å². The van der Waals surface area contributed by atoms with Gasteiger partial charge in [0, 0.05) is 48.1 Å². The molecule has 2 heterocycles. The van der Waals surface area contributed by atoms with Crippen molar-refractivity contribution in [2.24, 2.45) is 0 Å². The average molecular weight is 430 g/mol. The van der Waals surface area contributed by atoms with Gasteiger partial charge in [-0.05, 0) is 34.5 Å². The van der Waals surface area contributed by atoms with Gasteiger partial charge in [-0.3, -0.25) is 0 Å². The molecule has 1 atom stereocenters. The molecule has 7 heteroatoms. The van der Waals surface area contributed by atoms with Crippen LogP contribution in [0.25, 0.3) is 0 Å². The van der Waals surface area contributed by atoms with Crippen LogP contribution in [0.1, 0.15) is 12.0 Å². The van der Waals surface area contributed by atoms with Gasteiger partial charge in [0.15, 0.2) is 0 Å². The predicted octanol–water partition coefficient (Wildman–Crippen LogP) is 3.51. The molecule has 1 saturated heterocycles. The maximum absolute atomic E-state index is 13.8. The first kappa shape index (κ1) is 15.8. The van der Waals surface area contributed by atoms with Crippen LogP contribution < -0.4 is 10.2 Å². The fourth-order valence-electron chi connectivity index (χ4n) is 2.50. The minimum absolute atomic E-state index is 0.187. The SMILES string of the molecule is Fc1cc(Br)ccc1CNC1CCN(c2ncc(Br)cn2)C1. The van der Waals surface area contributed by atoms with Crippen LogP contribution in [0.2, 0.25) is 0 Å². The minimum Gasteiger partial charge on any atom is -0.339 e. The first-order chi connectivity index (χ1) is 10.6. The van der Waals surface area contributed by atoms with Crippen LogP contribution in [0.4, 0.5) is 10.3 Å². The van der Waals surface area contributed by atoms with E-state index in [-0.39, 0.29) is 5.82 Å². The number of hydrogen-bond acceptors (Lipinski definition) is 4. The normalized spacial score (nSPS) is 18.0. The van der Waals surface area contributed by atoms with Gasteiger partial charge in [-0.15, -0.1) is 0 Å². The molecule has 0 saturated carbocycles. The summed E-state index contributed by atoms with van der Waals surface area (Å²) in [5.74, 6) is 0.551. The molecule has 0 aliphatic carbocycles. The van der Waals surface area contributed by atoms with Crippen LogP contribution >= 0.6 is 31.9 Å². The number of aromatic nitrogens is 2. The van der Waals surface area contributed by atoms with Crippen molar-refractivity contribution < 1.29 is 4.39 Å². The summed E-state index contributed by atoms with van der Waals surface area (Å²) in [6, 6.07) is 5.47. The fourth-order valence-corrected chi connectivity index (χ4v) is 3.03. The van der Waals surface area contributed by atoms with Crippen molar-refractivity contribution in [2.75, 3.05) is 18.0 Å². The first-order valence-electron chi connectivity index (χ1n) is 7.01. The third-order valence-corrected chi connectivity index (χ3v) is 4.58. The Balaban J connectivity index is 1.56. The Morgan fingerprint density at radius 2 is 2.00 bits per heavy atom. The second-order valence-electron chi connectivity index (χ2n) is 5.25. The zero-order valence-corrected chi connectivity index (χ0v) is 14.9. The van der Waals surface area contributed by atoms with E-state index in [1.807, 2.05) is 6.07 Å². The molecule has 4 nitrogen and oxygen atoms in total. The number of benzene rings is 1. The van der Waals surface area contributed by atoms with Gasteiger partial charge in [0.1, 0.15) is 5.82 Å². The Kier molecular flexibility index (Phi) is 5.05. The van der Waals surface area contributed by atoms with Crippen LogP contribution in [0.15, 0.2) is 39.5 Å². The van der Waals surface area contributed by atoms with Gasteiger partial charge in [0.05, 0.1) is 4.47 Å². The minimum atomic E-state index is -0.187. The zero-order valence-electron chi connectivity index (χ0n) is 11.8. The van der Waals surface area contributed by atoms with Gasteiger partial charge in [-0.1, -0.05) is 22.0 Å². The Hall–Kier alpha value is -1.05. The standard InChI is InChI=1S/C15H15Br2FN4/c16-11-2-1-10(14(18)5-11)6-19-13-3-4-22(9-13)15-20-7-12(17)8-21-15/h1-2,5,7-8,13,19H,3-4,6,9H2. The van der Waals surface area contributed by atoms with E-state index in [0.29, 0.717) is 18.2 Å². The highest BCUT2D eigenvalue weighted by Gasteiger charge is 2.24. The second kappa shape index (κ2) is 7.02. The summed E-state index contributed by atoms with van der Waals surface area (Å²) in [7, 11) is 0. The van der Waals surface area contributed by atoms with Crippen LogP contribution in [-0.4, -0.2) is 29.1 Å². The molecular formula is C15H15Br2FN4. The molecule has 1 N–H and O–H groups in total. The highest BCUT2D eigenvalue weighted by Crippen LogP contribution is 2.19. The maximum Gasteiger partial charge on any atom is 0.225 e. The molecule has 0 amide bonds. The summed E-state index contributed by atoms with van der Waals surface area (Å²) in [6.07, 6.45) is 4.50. The summed E-state index contributed by atoms with van der Waals surface area (Å²) >= 11 is 6.60. The van der Waals surface area contributed by atoms with E-state index in [0.717, 1.165) is 34.4 Å². The van der Waals surface area contributed by atoms with Crippen molar-refractivity contribution in [1.82, 2.24) is 15.3 Å². The Morgan fingerprint density at radius 3 is 2.73 bits per heavy atom. The van der Waals surface area contributed by atoms with E-state index >= 15 is 0 Å². The lowest BCUT2D eigenvalue weighted by molar-refractivity contribution is 0.529. The summed E-state index contributed by atoms with van der Waals surface area (Å²) in [4.78, 5) is 10.8. The molecule has 1 aromatic carbocycles. The van der Waals surface area contributed by atoms with Gasteiger partial charge in [-0.25, -0.2) is 14.4 Å².